The van der Waals surface area contributed by atoms with Crippen LogP contribution in [0.1, 0.15) is 0 Å². The highest BCUT2D eigenvalue weighted by molar-refractivity contribution is 8.13. The van der Waals surface area contributed by atoms with Gasteiger partial charge < -0.3 is 0 Å². The summed E-state index contributed by atoms with van der Waals surface area (Å²) >= 11 is 1.15. The smallest absolute Gasteiger partial charge is 0.207 e. The molecule has 78 valence electrons. The van der Waals surface area contributed by atoms with Crippen LogP contribution < -0.4 is 0 Å². The highest BCUT2D eigenvalue weighted by atomic mass is 35.7. The molecule has 7 heteroatoms. The van der Waals surface area contributed by atoms with E-state index in [-0.39, 0.29) is 4.90 Å². The number of benzene rings is 1. The van der Waals surface area contributed by atoms with Gasteiger partial charge in [-0.25, -0.2) is 8.42 Å². The van der Waals surface area contributed by atoms with Gasteiger partial charge in [-0.05, 0) is 17.6 Å². The second-order valence-corrected chi connectivity index (χ2v) is 5.87. The molecule has 1 aromatic heterocycles. The molecule has 0 atom stereocenters. The van der Waals surface area contributed by atoms with E-state index in [0.29, 0.717) is 11.3 Å². The lowest BCUT2D eigenvalue weighted by Gasteiger charge is -2.01. The Morgan fingerprint density at radius 2 is 2.00 bits per heavy atom. The van der Waals surface area contributed by atoms with Crippen LogP contribution in [0.25, 0.3) is 11.3 Å². The van der Waals surface area contributed by atoms with Crippen LogP contribution in [0.2, 0.25) is 0 Å². The zero-order valence-corrected chi connectivity index (χ0v) is 9.68. The van der Waals surface area contributed by atoms with Gasteiger partial charge in [-0.3, -0.25) is 0 Å². The second-order valence-electron chi connectivity index (χ2n) is 2.72. The monoisotopic (exact) mass is 260 g/mol. The molecule has 0 bridgehead atoms. The summed E-state index contributed by atoms with van der Waals surface area (Å²) in [6.07, 6.45) is 0. The Morgan fingerprint density at radius 3 is 2.60 bits per heavy atom. The van der Waals surface area contributed by atoms with Gasteiger partial charge >= 0.3 is 0 Å². The van der Waals surface area contributed by atoms with Gasteiger partial charge in [0.2, 0.25) is 0 Å². The first-order valence-electron chi connectivity index (χ1n) is 3.90. The Hall–Kier alpha value is -0.980. The number of hydrogen-bond donors (Lipinski definition) is 0. The molecule has 0 aliphatic carbocycles. The Balaban J connectivity index is 2.68. The van der Waals surface area contributed by atoms with E-state index in [2.05, 4.69) is 9.59 Å². The summed E-state index contributed by atoms with van der Waals surface area (Å²) in [7, 11) is 1.56. The molecule has 0 saturated heterocycles. The van der Waals surface area contributed by atoms with Gasteiger partial charge in [0.25, 0.3) is 9.05 Å². The van der Waals surface area contributed by atoms with Crippen molar-refractivity contribution in [2.75, 3.05) is 0 Å². The quantitative estimate of drug-likeness (QED) is 0.776. The third kappa shape index (κ3) is 2.17. The fourth-order valence-electron chi connectivity index (χ4n) is 1.17. The van der Waals surface area contributed by atoms with Gasteiger partial charge in [0.05, 0.1) is 4.90 Å². The minimum atomic E-state index is -3.75. The Morgan fingerprint density at radius 1 is 1.27 bits per heavy atom. The maximum absolute atomic E-state index is 11.3. The fourth-order valence-corrected chi connectivity index (χ4v) is 2.71. The van der Waals surface area contributed by atoms with Crippen molar-refractivity contribution in [3.8, 4) is 11.3 Å². The van der Waals surface area contributed by atoms with E-state index in [0.717, 1.165) is 11.5 Å². The number of aromatic nitrogens is 2. The third-order valence-corrected chi connectivity index (χ3v) is 3.67. The SMILES string of the molecule is O=S(=O)(Cl)c1ccccc1-c1csnn1. The first kappa shape index (κ1) is 10.5. The minimum absolute atomic E-state index is 0.0550. The minimum Gasteiger partial charge on any atom is -0.207 e. The van der Waals surface area contributed by atoms with Crippen molar-refractivity contribution >= 4 is 31.3 Å². The van der Waals surface area contributed by atoms with Crippen molar-refractivity contribution < 1.29 is 8.42 Å². The molecule has 0 aliphatic heterocycles. The second kappa shape index (κ2) is 3.88. The molecule has 1 aromatic carbocycles. The average Bonchev–Trinajstić information content (AvgIpc) is 2.69. The van der Waals surface area contributed by atoms with Crippen LogP contribution in [0.3, 0.4) is 0 Å². The van der Waals surface area contributed by atoms with Crippen molar-refractivity contribution in [2.24, 2.45) is 0 Å². The highest BCUT2D eigenvalue weighted by Crippen LogP contribution is 2.28. The Bertz CT molecular complexity index is 566. The summed E-state index contributed by atoms with van der Waals surface area (Å²) in [6, 6.07) is 6.42. The zero-order chi connectivity index (χ0) is 10.9. The van der Waals surface area contributed by atoms with E-state index in [9.17, 15) is 8.42 Å². The predicted octanol–water partition coefficient (Wildman–Crippen LogP) is 2.13. The van der Waals surface area contributed by atoms with Gasteiger partial charge in [0.1, 0.15) is 5.69 Å². The summed E-state index contributed by atoms with van der Waals surface area (Å²) in [6.45, 7) is 0. The molecule has 0 aliphatic rings. The van der Waals surface area contributed by atoms with Crippen LogP contribution in [0.4, 0.5) is 0 Å². The number of rotatable bonds is 2. The summed E-state index contributed by atoms with van der Waals surface area (Å²) in [5.41, 5.74) is 0.987. The van der Waals surface area contributed by atoms with Crippen LogP contribution in [-0.4, -0.2) is 18.0 Å². The van der Waals surface area contributed by atoms with Crippen molar-refractivity contribution in [2.45, 2.75) is 4.90 Å². The first-order valence-corrected chi connectivity index (χ1v) is 7.05. The van der Waals surface area contributed by atoms with Gasteiger partial charge in [0.15, 0.2) is 0 Å². The van der Waals surface area contributed by atoms with E-state index in [1.807, 2.05) is 0 Å². The first-order chi connectivity index (χ1) is 7.09. The lowest BCUT2D eigenvalue weighted by Crippen LogP contribution is -1.94. The molecular formula is C8H5ClN2O2S2. The molecule has 0 saturated carbocycles. The number of halogens is 1. The average molecular weight is 261 g/mol. The van der Waals surface area contributed by atoms with Crippen LogP contribution in [0.15, 0.2) is 34.5 Å². The third-order valence-electron chi connectivity index (χ3n) is 1.79. The van der Waals surface area contributed by atoms with Gasteiger partial charge in [0, 0.05) is 21.6 Å². The number of nitrogens with zero attached hydrogens (tertiary/aromatic N) is 2. The van der Waals surface area contributed by atoms with Crippen LogP contribution in [0.5, 0.6) is 0 Å². The number of hydrogen-bond acceptors (Lipinski definition) is 5. The molecule has 2 aromatic rings. The maximum Gasteiger partial charge on any atom is 0.261 e. The summed E-state index contributed by atoms with van der Waals surface area (Å²) in [4.78, 5) is 0.0550. The van der Waals surface area contributed by atoms with Crippen molar-refractivity contribution in [3.63, 3.8) is 0 Å². The summed E-state index contributed by atoms with van der Waals surface area (Å²) in [5, 5.41) is 5.47. The van der Waals surface area contributed by atoms with E-state index in [4.69, 9.17) is 10.7 Å². The van der Waals surface area contributed by atoms with Crippen LogP contribution in [0, 0.1) is 0 Å². The largest absolute Gasteiger partial charge is 0.261 e. The molecular weight excluding hydrogens is 256 g/mol. The lowest BCUT2D eigenvalue weighted by atomic mass is 10.2. The van der Waals surface area contributed by atoms with Crippen LogP contribution >= 0.6 is 22.2 Å². The molecule has 4 nitrogen and oxygen atoms in total. The molecule has 2 rings (SSSR count). The molecule has 15 heavy (non-hydrogen) atoms. The van der Waals surface area contributed by atoms with E-state index >= 15 is 0 Å². The normalized spacial score (nSPS) is 11.5. The van der Waals surface area contributed by atoms with Gasteiger partial charge in [-0.2, -0.15) is 0 Å². The Labute approximate surface area is 95.1 Å². The molecule has 0 unspecified atom stereocenters. The van der Waals surface area contributed by atoms with Crippen molar-refractivity contribution in [1.82, 2.24) is 9.59 Å². The molecule has 0 fully saturated rings. The van der Waals surface area contributed by atoms with Crippen molar-refractivity contribution in [1.29, 1.82) is 0 Å². The van der Waals surface area contributed by atoms with Gasteiger partial charge in [-0.15, -0.1) is 5.10 Å². The molecule has 0 N–H and O–H groups in total. The molecule has 0 spiro atoms. The fraction of sp³-hybridized carbons (Fsp3) is 0. The summed E-state index contributed by atoms with van der Waals surface area (Å²) in [5.74, 6) is 0. The van der Waals surface area contributed by atoms with Crippen LogP contribution in [-0.2, 0) is 9.05 Å². The molecule has 0 radical (unpaired) electrons. The van der Waals surface area contributed by atoms with E-state index in [1.54, 1.807) is 23.6 Å². The highest BCUT2D eigenvalue weighted by Gasteiger charge is 2.17. The van der Waals surface area contributed by atoms with Crippen molar-refractivity contribution in [3.05, 3.63) is 29.6 Å². The van der Waals surface area contributed by atoms with E-state index < -0.39 is 9.05 Å². The molecule has 0 amide bonds. The maximum atomic E-state index is 11.3. The van der Waals surface area contributed by atoms with E-state index in [1.165, 1.54) is 6.07 Å². The predicted molar refractivity (Wildman–Crippen MR) is 58.4 cm³/mol. The Kier molecular flexibility index (Phi) is 2.72. The van der Waals surface area contributed by atoms with Gasteiger partial charge in [-0.1, -0.05) is 22.7 Å². The zero-order valence-electron chi connectivity index (χ0n) is 7.29. The topological polar surface area (TPSA) is 59.9 Å². The standard InChI is InChI=1S/C8H5ClN2O2S2/c9-15(12,13)8-4-2-1-3-6(8)7-5-14-11-10-7/h1-5H. The molecule has 1 heterocycles. The lowest BCUT2D eigenvalue weighted by molar-refractivity contribution is 0.610. The summed E-state index contributed by atoms with van der Waals surface area (Å²) < 4.78 is 26.2.